The van der Waals surface area contributed by atoms with Crippen LogP contribution in [0.1, 0.15) is 5.56 Å². The van der Waals surface area contributed by atoms with Crippen LogP contribution in [-0.4, -0.2) is 14.7 Å². The summed E-state index contributed by atoms with van der Waals surface area (Å²) in [5.74, 6) is 0.205. The van der Waals surface area contributed by atoms with E-state index in [-0.39, 0.29) is 5.75 Å². The van der Waals surface area contributed by atoms with Gasteiger partial charge in [-0.1, -0.05) is 0 Å². The molecule has 0 saturated carbocycles. The van der Waals surface area contributed by atoms with Gasteiger partial charge in [0.2, 0.25) is 0 Å². The van der Waals surface area contributed by atoms with E-state index in [1.165, 1.54) is 12.1 Å². The van der Waals surface area contributed by atoms with Crippen LogP contribution in [-0.2, 0) is 0 Å². The first-order chi connectivity index (χ1) is 6.01. The van der Waals surface area contributed by atoms with E-state index in [2.05, 4.69) is 11.1 Å². The van der Waals surface area contributed by atoms with Crippen molar-refractivity contribution in [2.24, 2.45) is 0 Å². The summed E-state index contributed by atoms with van der Waals surface area (Å²) in [6.45, 7) is 3.54. The average Bonchev–Trinajstić information content (AvgIpc) is 2.01. The Morgan fingerprint density at radius 1 is 1.31 bits per heavy atom. The van der Waals surface area contributed by atoms with Gasteiger partial charge in [-0.15, -0.1) is 0 Å². The van der Waals surface area contributed by atoms with Crippen LogP contribution >= 0.6 is 8.17 Å². The quantitative estimate of drug-likeness (QED) is 0.642. The average molecular weight is 202 g/mol. The van der Waals surface area contributed by atoms with Crippen LogP contribution in [0.5, 0.6) is 5.75 Å². The molecule has 0 fully saturated rings. The molecular formula is C8H11O4P. The minimum atomic E-state index is -4.47. The van der Waals surface area contributed by atoms with E-state index in [9.17, 15) is 0 Å². The molecule has 0 atom stereocenters. The van der Waals surface area contributed by atoms with Gasteiger partial charge in [0.1, 0.15) is 0 Å². The standard InChI is InChI=1S/C8H11O4P/c1-2-7-4-3-5-8(6-7)12-13(9,10)11/h2-6,9-11,13H,1H2. The Hall–Kier alpha value is -0.930. The third-order valence-corrected chi connectivity index (χ3v) is 1.86. The summed E-state index contributed by atoms with van der Waals surface area (Å²) in [7, 11) is -4.47. The van der Waals surface area contributed by atoms with Gasteiger partial charge in [0.25, 0.3) is 0 Å². The van der Waals surface area contributed by atoms with Crippen LogP contribution in [0.15, 0.2) is 30.8 Å². The van der Waals surface area contributed by atoms with Crippen molar-refractivity contribution in [3.63, 3.8) is 0 Å². The zero-order valence-corrected chi connectivity index (χ0v) is 7.84. The predicted octanol–water partition coefficient (Wildman–Crippen LogP) is 1.10. The van der Waals surface area contributed by atoms with Gasteiger partial charge in [-0.2, -0.15) is 0 Å². The first-order valence-electron chi connectivity index (χ1n) is 3.60. The molecule has 0 aliphatic carbocycles. The molecule has 1 rings (SSSR count). The summed E-state index contributed by atoms with van der Waals surface area (Å²) in [4.78, 5) is 25.9. The molecule has 0 amide bonds. The van der Waals surface area contributed by atoms with Crippen LogP contribution in [0, 0.1) is 0 Å². The molecule has 0 saturated heterocycles. The molecule has 0 spiro atoms. The van der Waals surface area contributed by atoms with Crippen LogP contribution < -0.4 is 4.52 Å². The van der Waals surface area contributed by atoms with E-state index in [1.807, 2.05) is 0 Å². The van der Waals surface area contributed by atoms with Gasteiger partial charge in [-0.3, -0.25) is 0 Å². The van der Waals surface area contributed by atoms with Crippen molar-refractivity contribution in [1.82, 2.24) is 0 Å². The normalized spacial score (nSPS) is 12.2. The summed E-state index contributed by atoms with van der Waals surface area (Å²) < 4.78 is 4.50. The first-order valence-corrected chi connectivity index (χ1v) is 5.35. The minimum absolute atomic E-state index is 0.205. The Labute approximate surface area is 76.4 Å². The zero-order valence-electron chi connectivity index (χ0n) is 6.84. The summed E-state index contributed by atoms with van der Waals surface area (Å²) in [5, 5.41) is 0. The fourth-order valence-electron chi connectivity index (χ4n) is 0.863. The number of rotatable bonds is 3. The molecule has 5 heteroatoms. The summed E-state index contributed by atoms with van der Waals surface area (Å²) in [6, 6.07) is 6.48. The van der Waals surface area contributed by atoms with Crippen LogP contribution in [0.2, 0.25) is 0 Å². The van der Waals surface area contributed by atoms with E-state index in [4.69, 9.17) is 14.7 Å². The van der Waals surface area contributed by atoms with Gasteiger partial charge in [-0.25, -0.2) is 0 Å². The molecule has 1 aromatic carbocycles. The number of benzene rings is 1. The van der Waals surface area contributed by atoms with E-state index in [0.717, 1.165) is 5.56 Å². The second-order valence-electron chi connectivity index (χ2n) is 2.45. The second-order valence-corrected chi connectivity index (χ2v) is 3.80. The Balaban J connectivity index is 2.84. The first kappa shape index (κ1) is 10.2. The summed E-state index contributed by atoms with van der Waals surface area (Å²) in [6.07, 6.45) is 1.59. The van der Waals surface area contributed by atoms with E-state index in [0.29, 0.717) is 0 Å². The molecule has 13 heavy (non-hydrogen) atoms. The van der Waals surface area contributed by atoms with Crippen LogP contribution in [0.3, 0.4) is 0 Å². The second kappa shape index (κ2) is 3.85. The molecule has 3 N–H and O–H groups in total. The Kier molecular flexibility index (Phi) is 3.01. The van der Waals surface area contributed by atoms with E-state index in [1.54, 1.807) is 18.2 Å². The third-order valence-electron chi connectivity index (χ3n) is 1.35. The molecule has 0 aromatic heterocycles. The molecule has 4 nitrogen and oxygen atoms in total. The van der Waals surface area contributed by atoms with Crippen molar-refractivity contribution in [2.75, 3.05) is 0 Å². The monoisotopic (exact) mass is 202 g/mol. The van der Waals surface area contributed by atoms with E-state index < -0.39 is 8.17 Å². The van der Waals surface area contributed by atoms with Crippen molar-refractivity contribution < 1.29 is 19.2 Å². The SMILES string of the molecule is C=Cc1cccc(O[PH](O)(O)O)c1. The fourth-order valence-corrected chi connectivity index (χ4v) is 1.31. The third kappa shape index (κ3) is 3.53. The van der Waals surface area contributed by atoms with Gasteiger partial charge < -0.3 is 0 Å². The van der Waals surface area contributed by atoms with Crippen LogP contribution in [0.25, 0.3) is 6.08 Å². The van der Waals surface area contributed by atoms with Crippen molar-refractivity contribution >= 4 is 14.2 Å². The molecule has 0 radical (unpaired) electrons. The van der Waals surface area contributed by atoms with Crippen molar-refractivity contribution in [2.45, 2.75) is 0 Å². The number of hydrogen-bond donors (Lipinski definition) is 3. The Morgan fingerprint density at radius 3 is 2.54 bits per heavy atom. The molecule has 0 aliphatic rings. The maximum absolute atomic E-state index is 8.64. The number of hydrogen-bond acceptors (Lipinski definition) is 4. The summed E-state index contributed by atoms with van der Waals surface area (Å²) in [5.41, 5.74) is 0.774. The summed E-state index contributed by atoms with van der Waals surface area (Å²) >= 11 is 0. The molecule has 0 heterocycles. The predicted molar refractivity (Wildman–Crippen MR) is 52.1 cm³/mol. The molecule has 1 aromatic rings. The molecular weight excluding hydrogens is 191 g/mol. The van der Waals surface area contributed by atoms with Gasteiger partial charge >= 0.3 is 75.6 Å². The van der Waals surface area contributed by atoms with Crippen molar-refractivity contribution in [1.29, 1.82) is 0 Å². The van der Waals surface area contributed by atoms with Gasteiger partial charge in [-0.05, 0) is 0 Å². The maximum atomic E-state index is 8.64. The Bertz CT molecular complexity index is 305. The van der Waals surface area contributed by atoms with Crippen molar-refractivity contribution in [3.05, 3.63) is 36.4 Å². The Morgan fingerprint density at radius 2 is 2.00 bits per heavy atom. The molecule has 72 valence electrons. The van der Waals surface area contributed by atoms with Gasteiger partial charge in [0.05, 0.1) is 0 Å². The topological polar surface area (TPSA) is 69.9 Å². The molecule has 0 bridgehead atoms. The molecule has 0 unspecified atom stereocenters. The fraction of sp³-hybridized carbons (Fsp3) is 0. The van der Waals surface area contributed by atoms with E-state index >= 15 is 0 Å². The van der Waals surface area contributed by atoms with Crippen molar-refractivity contribution in [3.8, 4) is 5.75 Å². The zero-order chi connectivity index (χ0) is 9.90. The van der Waals surface area contributed by atoms with Gasteiger partial charge in [0.15, 0.2) is 0 Å². The molecule has 0 aliphatic heterocycles. The van der Waals surface area contributed by atoms with Gasteiger partial charge in [0, 0.05) is 0 Å². The van der Waals surface area contributed by atoms with Crippen LogP contribution in [0.4, 0.5) is 0 Å².